The molecular weight excluding hydrogens is 208 g/mol. The third-order valence-corrected chi connectivity index (χ3v) is 3.55. The Morgan fingerprint density at radius 3 is 2.36 bits per heavy atom. The van der Waals surface area contributed by atoms with Crippen molar-refractivity contribution in [2.45, 2.75) is 43.7 Å². The lowest BCUT2D eigenvalue weighted by molar-refractivity contribution is -0.130. The molecule has 0 spiro atoms. The van der Waals surface area contributed by atoms with Crippen molar-refractivity contribution in [3.05, 3.63) is 0 Å². The van der Waals surface area contributed by atoms with E-state index >= 15 is 0 Å². The first-order chi connectivity index (χ1) is 4.93. The summed E-state index contributed by atoms with van der Waals surface area (Å²) in [6.07, 6.45) is 0.594. The van der Waals surface area contributed by atoms with Gasteiger partial charge in [0, 0.05) is 4.83 Å². The van der Waals surface area contributed by atoms with Gasteiger partial charge in [-0.3, -0.25) is 4.79 Å². The van der Waals surface area contributed by atoms with E-state index < -0.39 is 0 Å². The molecule has 0 saturated carbocycles. The quantitative estimate of drug-likeness (QED) is 0.632. The molecule has 1 heterocycles. The van der Waals surface area contributed by atoms with E-state index in [1.165, 1.54) is 0 Å². The number of carbonyl (C=O) groups is 1. The maximum absolute atomic E-state index is 10.9. The third kappa shape index (κ3) is 1.82. The minimum atomic E-state index is -0.200. The van der Waals surface area contributed by atoms with Gasteiger partial charge in [0.05, 0.1) is 5.60 Å². The van der Waals surface area contributed by atoms with Gasteiger partial charge in [0.15, 0.2) is 5.78 Å². The molecule has 11 heavy (non-hydrogen) atoms. The zero-order chi connectivity index (χ0) is 8.65. The summed E-state index contributed by atoms with van der Waals surface area (Å²) in [6, 6.07) is 0. The molecule has 0 radical (unpaired) electrons. The molecule has 1 fully saturated rings. The third-order valence-electron chi connectivity index (χ3n) is 2.07. The number of halogens is 1. The summed E-state index contributed by atoms with van der Waals surface area (Å²) in [7, 11) is 0. The average molecular weight is 221 g/mol. The van der Waals surface area contributed by atoms with Gasteiger partial charge >= 0.3 is 0 Å². The first-order valence-corrected chi connectivity index (χ1v) is 4.67. The highest BCUT2D eigenvalue weighted by atomic mass is 79.9. The molecule has 0 N–H and O–H groups in total. The Balaban J connectivity index is 2.64. The Morgan fingerprint density at radius 1 is 1.64 bits per heavy atom. The second kappa shape index (κ2) is 2.87. The van der Waals surface area contributed by atoms with Gasteiger partial charge in [0.25, 0.3) is 0 Å². The van der Waals surface area contributed by atoms with E-state index in [4.69, 9.17) is 4.74 Å². The topological polar surface area (TPSA) is 26.3 Å². The van der Waals surface area contributed by atoms with Crippen LogP contribution in [0.4, 0.5) is 0 Å². The zero-order valence-corrected chi connectivity index (χ0v) is 8.64. The number of ether oxygens (including phenoxy) is 1. The van der Waals surface area contributed by atoms with Crippen molar-refractivity contribution in [2.24, 2.45) is 0 Å². The van der Waals surface area contributed by atoms with E-state index in [9.17, 15) is 4.79 Å². The van der Waals surface area contributed by atoms with Crippen LogP contribution in [0, 0.1) is 0 Å². The standard InChI is InChI=1S/C8H13BrO2/c1-5(10)6-4-7(9)8(2,3)11-6/h6-7H,4H2,1-3H3. The molecule has 0 aromatic rings. The predicted octanol–water partition coefficient (Wildman–Crippen LogP) is 1.91. The maximum Gasteiger partial charge on any atom is 0.158 e. The van der Waals surface area contributed by atoms with Crippen molar-refractivity contribution in [3.63, 3.8) is 0 Å². The summed E-state index contributed by atoms with van der Waals surface area (Å²) < 4.78 is 5.53. The molecule has 3 heteroatoms. The Hall–Kier alpha value is 0.110. The fourth-order valence-corrected chi connectivity index (χ4v) is 1.66. The van der Waals surface area contributed by atoms with E-state index in [1.54, 1.807) is 6.92 Å². The Bertz CT molecular complexity index is 177. The first kappa shape index (κ1) is 9.20. The fourth-order valence-electron chi connectivity index (χ4n) is 1.21. The minimum Gasteiger partial charge on any atom is -0.363 e. The summed E-state index contributed by atoms with van der Waals surface area (Å²) in [5.41, 5.74) is -0.198. The van der Waals surface area contributed by atoms with E-state index in [2.05, 4.69) is 15.9 Å². The van der Waals surface area contributed by atoms with E-state index in [1.807, 2.05) is 13.8 Å². The molecule has 1 aliphatic rings. The minimum absolute atomic E-state index is 0.125. The second-order valence-corrected chi connectivity index (χ2v) is 4.63. The highest BCUT2D eigenvalue weighted by Crippen LogP contribution is 2.35. The summed E-state index contributed by atoms with van der Waals surface area (Å²) in [5, 5.41) is 0. The molecule has 0 amide bonds. The number of hydrogen-bond acceptors (Lipinski definition) is 2. The highest BCUT2D eigenvalue weighted by molar-refractivity contribution is 9.09. The van der Waals surface area contributed by atoms with Crippen LogP contribution < -0.4 is 0 Å². The molecule has 0 aliphatic carbocycles. The van der Waals surface area contributed by atoms with Crippen LogP contribution >= 0.6 is 15.9 Å². The largest absolute Gasteiger partial charge is 0.363 e. The van der Waals surface area contributed by atoms with Crippen molar-refractivity contribution in [2.75, 3.05) is 0 Å². The number of rotatable bonds is 1. The lowest BCUT2D eigenvalue weighted by atomic mass is 10.0. The number of Topliss-reactive ketones (excluding diaryl/α,β-unsaturated/α-hetero) is 1. The predicted molar refractivity (Wildman–Crippen MR) is 47.0 cm³/mol. The fraction of sp³-hybridized carbons (Fsp3) is 0.875. The van der Waals surface area contributed by atoms with Gasteiger partial charge in [0.1, 0.15) is 6.10 Å². The van der Waals surface area contributed by atoms with Crippen LogP contribution in [0.2, 0.25) is 0 Å². The van der Waals surface area contributed by atoms with Crippen molar-refractivity contribution < 1.29 is 9.53 Å². The molecule has 2 unspecified atom stereocenters. The van der Waals surface area contributed by atoms with Gasteiger partial charge in [-0.15, -0.1) is 0 Å². The van der Waals surface area contributed by atoms with Gasteiger partial charge in [0.2, 0.25) is 0 Å². The Labute approximate surface area is 75.4 Å². The van der Waals surface area contributed by atoms with Crippen LogP contribution in [0.3, 0.4) is 0 Å². The van der Waals surface area contributed by atoms with Crippen LogP contribution in [-0.2, 0) is 9.53 Å². The van der Waals surface area contributed by atoms with Crippen LogP contribution in [-0.4, -0.2) is 22.3 Å². The average Bonchev–Trinajstić information content (AvgIpc) is 2.08. The summed E-state index contributed by atoms with van der Waals surface area (Å²) >= 11 is 3.49. The van der Waals surface area contributed by atoms with Crippen LogP contribution in [0.15, 0.2) is 0 Å². The summed E-state index contributed by atoms with van der Waals surface area (Å²) in [5.74, 6) is 0.125. The zero-order valence-electron chi connectivity index (χ0n) is 7.06. The van der Waals surface area contributed by atoms with Crippen molar-refractivity contribution in [1.82, 2.24) is 0 Å². The molecule has 0 aromatic heterocycles. The molecule has 0 aromatic carbocycles. The van der Waals surface area contributed by atoms with Gasteiger partial charge in [-0.05, 0) is 27.2 Å². The van der Waals surface area contributed by atoms with E-state index in [-0.39, 0.29) is 17.5 Å². The lowest BCUT2D eigenvalue weighted by Gasteiger charge is -2.21. The highest BCUT2D eigenvalue weighted by Gasteiger charge is 2.41. The smallest absolute Gasteiger partial charge is 0.158 e. The number of carbonyl (C=O) groups excluding carboxylic acids is 1. The lowest BCUT2D eigenvalue weighted by Crippen LogP contribution is -2.28. The molecular formula is C8H13BrO2. The SMILES string of the molecule is CC(=O)C1CC(Br)C(C)(C)O1. The summed E-state index contributed by atoms with van der Waals surface area (Å²) in [4.78, 5) is 11.2. The molecule has 2 atom stereocenters. The molecule has 1 rings (SSSR count). The normalized spacial score (nSPS) is 35.6. The van der Waals surface area contributed by atoms with Crippen LogP contribution in [0.5, 0.6) is 0 Å². The second-order valence-electron chi connectivity index (χ2n) is 3.52. The van der Waals surface area contributed by atoms with Gasteiger partial charge in [-0.25, -0.2) is 0 Å². The Morgan fingerprint density at radius 2 is 2.18 bits per heavy atom. The summed E-state index contributed by atoms with van der Waals surface area (Å²) in [6.45, 7) is 5.57. The number of alkyl halides is 1. The van der Waals surface area contributed by atoms with E-state index in [0.29, 0.717) is 4.83 Å². The number of hydrogen-bond donors (Lipinski definition) is 0. The van der Waals surface area contributed by atoms with E-state index in [0.717, 1.165) is 6.42 Å². The molecule has 64 valence electrons. The Kier molecular flexibility index (Phi) is 2.40. The van der Waals surface area contributed by atoms with Crippen LogP contribution in [0.25, 0.3) is 0 Å². The van der Waals surface area contributed by atoms with Gasteiger partial charge < -0.3 is 4.74 Å². The van der Waals surface area contributed by atoms with Crippen molar-refractivity contribution in [1.29, 1.82) is 0 Å². The molecule has 0 bridgehead atoms. The number of ketones is 1. The first-order valence-electron chi connectivity index (χ1n) is 3.76. The van der Waals surface area contributed by atoms with Crippen molar-refractivity contribution >= 4 is 21.7 Å². The maximum atomic E-state index is 10.9. The van der Waals surface area contributed by atoms with Crippen LogP contribution in [0.1, 0.15) is 27.2 Å². The monoisotopic (exact) mass is 220 g/mol. The molecule has 2 nitrogen and oxygen atoms in total. The van der Waals surface area contributed by atoms with Gasteiger partial charge in [-0.1, -0.05) is 15.9 Å². The molecule has 1 aliphatic heterocycles. The van der Waals surface area contributed by atoms with Crippen molar-refractivity contribution in [3.8, 4) is 0 Å². The van der Waals surface area contributed by atoms with Gasteiger partial charge in [-0.2, -0.15) is 0 Å². The molecule has 1 saturated heterocycles.